The highest BCUT2D eigenvalue weighted by Crippen LogP contribution is 2.17. The zero-order chi connectivity index (χ0) is 12.3. The van der Waals surface area contributed by atoms with Gasteiger partial charge in [-0.2, -0.15) is 0 Å². The number of carbonyl (C=O) groups excluding carboxylic acids is 1. The van der Waals surface area contributed by atoms with Gasteiger partial charge in [0.1, 0.15) is 0 Å². The molecule has 2 rings (SSSR count). The van der Waals surface area contributed by atoms with Crippen molar-refractivity contribution in [2.24, 2.45) is 5.73 Å². The molecule has 1 amide bonds. The first-order chi connectivity index (χ1) is 8.20. The molecule has 1 unspecified atom stereocenters. The van der Waals surface area contributed by atoms with E-state index in [1.165, 1.54) is 5.56 Å². The van der Waals surface area contributed by atoms with Gasteiger partial charge < -0.3 is 10.6 Å². The van der Waals surface area contributed by atoms with Crippen molar-refractivity contribution < 1.29 is 4.79 Å². The zero-order valence-electron chi connectivity index (χ0n) is 10.4. The topological polar surface area (TPSA) is 46.3 Å². The van der Waals surface area contributed by atoms with Crippen LogP contribution in [0.3, 0.4) is 0 Å². The molecule has 0 radical (unpaired) electrons. The maximum atomic E-state index is 12.1. The maximum absolute atomic E-state index is 12.1. The average Bonchev–Trinajstić information content (AvgIpc) is 2.80. The van der Waals surface area contributed by atoms with E-state index >= 15 is 0 Å². The lowest BCUT2D eigenvalue weighted by molar-refractivity contribution is -0.131. The van der Waals surface area contributed by atoms with Gasteiger partial charge in [0.05, 0.1) is 6.42 Å². The Kier molecular flexibility index (Phi) is 3.79. The summed E-state index contributed by atoms with van der Waals surface area (Å²) in [5, 5.41) is 0. The normalized spacial score (nSPS) is 19.6. The average molecular weight is 232 g/mol. The van der Waals surface area contributed by atoms with Crippen LogP contribution in [0, 0.1) is 6.92 Å². The van der Waals surface area contributed by atoms with Crippen molar-refractivity contribution in [3.63, 3.8) is 0 Å². The van der Waals surface area contributed by atoms with E-state index in [1.807, 2.05) is 29.2 Å². The van der Waals surface area contributed by atoms with E-state index in [0.717, 1.165) is 24.9 Å². The molecule has 3 nitrogen and oxygen atoms in total. The van der Waals surface area contributed by atoms with E-state index in [9.17, 15) is 4.79 Å². The van der Waals surface area contributed by atoms with E-state index in [0.29, 0.717) is 13.0 Å². The number of likely N-dealkylation sites (tertiary alicyclic amines) is 1. The number of hydrogen-bond donors (Lipinski definition) is 1. The van der Waals surface area contributed by atoms with Crippen LogP contribution in [0.25, 0.3) is 0 Å². The smallest absolute Gasteiger partial charge is 0.227 e. The van der Waals surface area contributed by atoms with Gasteiger partial charge in [-0.1, -0.05) is 29.8 Å². The van der Waals surface area contributed by atoms with Gasteiger partial charge in [0, 0.05) is 19.1 Å². The first kappa shape index (κ1) is 12.1. The molecule has 0 spiro atoms. The van der Waals surface area contributed by atoms with Crippen LogP contribution in [0.1, 0.15) is 24.0 Å². The van der Waals surface area contributed by atoms with Crippen LogP contribution in [0.4, 0.5) is 0 Å². The standard InChI is InChI=1S/C14H20N2O/c1-11-4-6-12(7-5-11)9-14(17)16-8-2-3-13(16)10-15/h4-7,13H,2-3,8-10,15H2,1H3. The molecule has 17 heavy (non-hydrogen) atoms. The number of aryl methyl sites for hydroxylation is 1. The molecule has 1 saturated heterocycles. The molecule has 1 aliphatic heterocycles. The minimum absolute atomic E-state index is 0.210. The predicted molar refractivity (Wildman–Crippen MR) is 68.7 cm³/mol. The number of carbonyl (C=O) groups is 1. The third-order valence-electron chi connectivity index (χ3n) is 3.45. The van der Waals surface area contributed by atoms with Crippen LogP contribution in [0.15, 0.2) is 24.3 Å². The summed E-state index contributed by atoms with van der Waals surface area (Å²) < 4.78 is 0. The molecule has 2 N–H and O–H groups in total. The van der Waals surface area contributed by atoms with Crippen molar-refractivity contribution in [3.8, 4) is 0 Å². The van der Waals surface area contributed by atoms with Gasteiger partial charge in [-0.15, -0.1) is 0 Å². The molecule has 1 aliphatic rings. The summed E-state index contributed by atoms with van der Waals surface area (Å²) in [5.74, 6) is 0.210. The molecular weight excluding hydrogens is 212 g/mol. The molecule has 0 aromatic heterocycles. The summed E-state index contributed by atoms with van der Waals surface area (Å²) in [4.78, 5) is 14.1. The van der Waals surface area contributed by atoms with Crippen LogP contribution < -0.4 is 5.73 Å². The van der Waals surface area contributed by atoms with Gasteiger partial charge in [0.15, 0.2) is 0 Å². The molecule has 0 saturated carbocycles. The number of nitrogens with two attached hydrogens (primary N) is 1. The van der Waals surface area contributed by atoms with Crippen molar-refractivity contribution in [1.29, 1.82) is 0 Å². The fourth-order valence-electron chi connectivity index (χ4n) is 2.39. The Balaban J connectivity index is 1.99. The van der Waals surface area contributed by atoms with E-state index < -0.39 is 0 Å². The SMILES string of the molecule is Cc1ccc(CC(=O)N2CCCC2CN)cc1. The summed E-state index contributed by atoms with van der Waals surface area (Å²) >= 11 is 0. The monoisotopic (exact) mass is 232 g/mol. The second kappa shape index (κ2) is 5.32. The van der Waals surface area contributed by atoms with Crippen LogP contribution in [-0.4, -0.2) is 29.9 Å². The van der Waals surface area contributed by atoms with Crippen LogP contribution in [-0.2, 0) is 11.2 Å². The fourth-order valence-corrected chi connectivity index (χ4v) is 2.39. The Morgan fingerprint density at radius 2 is 2.12 bits per heavy atom. The van der Waals surface area contributed by atoms with Crippen LogP contribution in [0.5, 0.6) is 0 Å². The fraction of sp³-hybridized carbons (Fsp3) is 0.500. The van der Waals surface area contributed by atoms with E-state index in [1.54, 1.807) is 0 Å². The molecule has 0 aliphatic carbocycles. The molecule has 1 heterocycles. The zero-order valence-corrected chi connectivity index (χ0v) is 10.4. The molecule has 1 aromatic rings. The number of hydrogen-bond acceptors (Lipinski definition) is 2. The van der Waals surface area contributed by atoms with Crippen molar-refractivity contribution in [1.82, 2.24) is 4.90 Å². The Morgan fingerprint density at radius 3 is 2.76 bits per heavy atom. The van der Waals surface area contributed by atoms with Crippen LogP contribution in [0.2, 0.25) is 0 Å². The van der Waals surface area contributed by atoms with Gasteiger partial charge in [0.2, 0.25) is 5.91 Å². The quantitative estimate of drug-likeness (QED) is 0.858. The molecule has 92 valence electrons. The predicted octanol–water partition coefficient (Wildman–Crippen LogP) is 1.49. The highest BCUT2D eigenvalue weighted by Gasteiger charge is 2.27. The first-order valence-electron chi connectivity index (χ1n) is 6.26. The van der Waals surface area contributed by atoms with Gasteiger partial charge in [-0.3, -0.25) is 4.79 Å². The highest BCUT2D eigenvalue weighted by molar-refractivity contribution is 5.79. The summed E-state index contributed by atoms with van der Waals surface area (Å²) in [6.45, 7) is 3.50. The molecule has 1 atom stereocenters. The second-order valence-corrected chi connectivity index (χ2v) is 4.78. The number of amides is 1. The van der Waals surface area contributed by atoms with Gasteiger partial charge in [-0.05, 0) is 25.3 Å². The molecule has 1 fully saturated rings. The van der Waals surface area contributed by atoms with Crippen molar-refractivity contribution in [2.75, 3.05) is 13.1 Å². The van der Waals surface area contributed by atoms with E-state index in [4.69, 9.17) is 5.73 Å². The highest BCUT2D eigenvalue weighted by atomic mass is 16.2. The lowest BCUT2D eigenvalue weighted by Crippen LogP contribution is -2.40. The third-order valence-corrected chi connectivity index (χ3v) is 3.45. The summed E-state index contributed by atoms with van der Waals surface area (Å²) in [6.07, 6.45) is 2.63. The number of rotatable bonds is 3. The first-order valence-corrected chi connectivity index (χ1v) is 6.26. The molecular formula is C14H20N2O. The van der Waals surface area contributed by atoms with E-state index in [2.05, 4.69) is 6.92 Å². The van der Waals surface area contributed by atoms with E-state index in [-0.39, 0.29) is 11.9 Å². The Morgan fingerprint density at radius 1 is 1.41 bits per heavy atom. The minimum Gasteiger partial charge on any atom is -0.338 e. The molecule has 1 aromatic carbocycles. The van der Waals surface area contributed by atoms with Gasteiger partial charge in [0.25, 0.3) is 0 Å². The second-order valence-electron chi connectivity index (χ2n) is 4.78. The van der Waals surface area contributed by atoms with Crippen molar-refractivity contribution in [3.05, 3.63) is 35.4 Å². The van der Waals surface area contributed by atoms with Gasteiger partial charge >= 0.3 is 0 Å². The Bertz CT molecular complexity index is 386. The minimum atomic E-state index is 0.210. The number of nitrogens with zero attached hydrogens (tertiary/aromatic N) is 1. The van der Waals surface area contributed by atoms with Crippen molar-refractivity contribution >= 4 is 5.91 Å². The largest absolute Gasteiger partial charge is 0.338 e. The number of benzene rings is 1. The molecule has 0 bridgehead atoms. The molecule has 3 heteroatoms. The van der Waals surface area contributed by atoms with Gasteiger partial charge in [-0.25, -0.2) is 0 Å². The summed E-state index contributed by atoms with van der Waals surface area (Å²) in [7, 11) is 0. The Hall–Kier alpha value is -1.35. The lowest BCUT2D eigenvalue weighted by atomic mass is 10.1. The lowest BCUT2D eigenvalue weighted by Gasteiger charge is -2.23. The van der Waals surface area contributed by atoms with Crippen molar-refractivity contribution in [2.45, 2.75) is 32.2 Å². The maximum Gasteiger partial charge on any atom is 0.227 e. The summed E-state index contributed by atoms with van der Waals surface area (Å²) in [5.41, 5.74) is 7.99. The van der Waals surface area contributed by atoms with Crippen LogP contribution >= 0.6 is 0 Å². The summed E-state index contributed by atoms with van der Waals surface area (Å²) in [6, 6.07) is 8.41. The Labute approximate surface area is 103 Å². The third kappa shape index (κ3) is 2.86.